The third-order valence-corrected chi connectivity index (χ3v) is 5.26. The third kappa shape index (κ3) is 3.37. The quantitative estimate of drug-likeness (QED) is 0.805. The van der Waals surface area contributed by atoms with Crippen LogP contribution in [0.3, 0.4) is 0 Å². The van der Waals surface area contributed by atoms with Gasteiger partial charge in [0.25, 0.3) is 0 Å². The average Bonchev–Trinajstić information content (AvgIpc) is 2.37. The molecule has 1 aromatic rings. The fourth-order valence-corrected chi connectivity index (χ4v) is 3.37. The van der Waals surface area contributed by atoms with E-state index in [0.29, 0.717) is 23.6 Å². The van der Waals surface area contributed by atoms with E-state index >= 15 is 0 Å². The molecule has 0 bridgehead atoms. The molecule has 1 aliphatic rings. The van der Waals surface area contributed by atoms with Gasteiger partial charge in [0.1, 0.15) is 0 Å². The van der Waals surface area contributed by atoms with Crippen LogP contribution in [0.4, 0.5) is 0 Å². The maximum Gasteiger partial charge on any atom is 0.162 e. The maximum absolute atomic E-state index is 10.1. The lowest BCUT2D eigenvalue weighted by Gasteiger charge is -2.40. The van der Waals surface area contributed by atoms with E-state index in [2.05, 4.69) is 11.6 Å². The van der Waals surface area contributed by atoms with Crippen molar-refractivity contribution in [1.29, 1.82) is 0 Å². The third-order valence-electron chi connectivity index (χ3n) is 3.84. The highest BCUT2D eigenvalue weighted by Gasteiger charge is 2.35. The number of hydrogen-bond donors (Lipinski definition) is 2. The van der Waals surface area contributed by atoms with Gasteiger partial charge in [-0.05, 0) is 32.1 Å². The van der Waals surface area contributed by atoms with E-state index in [-0.39, 0.29) is 5.75 Å². The molecule has 2 rings (SSSR count). The fraction of sp³-hybridized carbons (Fsp3) is 0.600. The van der Waals surface area contributed by atoms with Crippen LogP contribution in [0.5, 0.6) is 11.5 Å². The van der Waals surface area contributed by atoms with Crippen molar-refractivity contribution in [1.82, 2.24) is 5.32 Å². The van der Waals surface area contributed by atoms with Crippen molar-refractivity contribution in [3.63, 3.8) is 0 Å². The second kappa shape index (κ2) is 6.53. The number of thioether (sulfide) groups is 1. The van der Waals surface area contributed by atoms with Gasteiger partial charge in [-0.1, -0.05) is 18.6 Å². The first-order valence-electron chi connectivity index (χ1n) is 6.90. The molecule has 0 spiro atoms. The summed E-state index contributed by atoms with van der Waals surface area (Å²) in [6.45, 7) is 4.19. The summed E-state index contributed by atoms with van der Waals surface area (Å²) in [5.74, 6) is 0.841. The highest BCUT2D eigenvalue weighted by molar-refractivity contribution is 8.00. The van der Waals surface area contributed by atoms with Gasteiger partial charge in [-0.3, -0.25) is 0 Å². The Kier molecular flexibility index (Phi) is 4.99. The van der Waals surface area contributed by atoms with Crippen molar-refractivity contribution >= 4 is 11.8 Å². The molecule has 4 heteroatoms. The molecule has 1 aliphatic carbocycles. The van der Waals surface area contributed by atoms with Gasteiger partial charge in [0, 0.05) is 23.4 Å². The first-order chi connectivity index (χ1) is 9.21. The minimum absolute atomic E-state index is 0.267. The lowest BCUT2D eigenvalue weighted by molar-refractivity contribution is 0.315. The van der Waals surface area contributed by atoms with E-state index in [1.807, 2.05) is 30.8 Å². The van der Waals surface area contributed by atoms with Gasteiger partial charge >= 0.3 is 0 Å². The number of ether oxygens (including phenoxy) is 1. The van der Waals surface area contributed by atoms with E-state index in [4.69, 9.17) is 4.74 Å². The van der Waals surface area contributed by atoms with Gasteiger partial charge in [-0.25, -0.2) is 0 Å². The molecule has 3 nitrogen and oxygen atoms in total. The predicted molar refractivity (Wildman–Crippen MR) is 81.1 cm³/mol. The lowest BCUT2D eigenvalue weighted by atomic mass is 9.84. The maximum atomic E-state index is 10.1. The number of hydrogen-bond acceptors (Lipinski definition) is 4. The Morgan fingerprint density at radius 3 is 2.79 bits per heavy atom. The second-order valence-electron chi connectivity index (χ2n) is 5.04. The molecule has 0 aromatic heterocycles. The van der Waals surface area contributed by atoms with Crippen molar-refractivity contribution in [2.24, 2.45) is 0 Å². The molecule has 0 heterocycles. The van der Waals surface area contributed by atoms with E-state index < -0.39 is 0 Å². The monoisotopic (exact) mass is 281 g/mol. The van der Waals surface area contributed by atoms with Crippen LogP contribution in [0, 0.1) is 0 Å². The summed E-state index contributed by atoms with van der Waals surface area (Å²) in [5.41, 5.74) is 0.904. The minimum atomic E-state index is 0.267. The smallest absolute Gasteiger partial charge is 0.162 e. The Bertz CT molecular complexity index is 413. The van der Waals surface area contributed by atoms with Gasteiger partial charge in [0.05, 0.1) is 6.61 Å². The number of para-hydroxylation sites is 1. The summed E-state index contributed by atoms with van der Waals surface area (Å²) in [4.78, 5) is 0. The highest BCUT2D eigenvalue weighted by atomic mass is 32.2. The van der Waals surface area contributed by atoms with E-state index in [1.165, 1.54) is 19.3 Å². The van der Waals surface area contributed by atoms with Gasteiger partial charge in [-0.15, -0.1) is 0 Å². The zero-order valence-corrected chi connectivity index (χ0v) is 12.6. The van der Waals surface area contributed by atoms with Crippen LogP contribution in [0.1, 0.15) is 31.7 Å². The van der Waals surface area contributed by atoms with Crippen molar-refractivity contribution in [2.45, 2.75) is 37.5 Å². The summed E-state index contributed by atoms with van der Waals surface area (Å²) in [6.07, 6.45) is 6.12. The lowest BCUT2D eigenvalue weighted by Crippen LogP contribution is -2.43. The zero-order valence-electron chi connectivity index (χ0n) is 11.7. The summed E-state index contributed by atoms with van der Waals surface area (Å²) in [7, 11) is 0. The Morgan fingerprint density at radius 2 is 2.21 bits per heavy atom. The van der Waals surface area contributed by atoms with Crippen LogP contribution in [-0.2, 0) is 6.54 Å². The normalized spacial score (nSPS) is 16.9. The molecule has 2 N–H and O–H groups in total. The number of nitrogens with one attached hydrogen (secondary N) is 1. The second-order valence-corrected chi connectivity index (χ2v) is 6.32. The Labute approximate surface area is 119 Å². The minimum Gasteiger partial charge on any atom is -0.504 e. The summed E-state index contributed by atoms with van der Waals surface area (Å²) >= 11 is 1.96. The van der Waals surface area contributed by atoms with Crippen LogP contribution >= 0.6 is 11.8 Å². The summed E-state index contributed by atoms with van der Waals surface area (Å²) in [6, 6.07) is 5.67. The van der Waals surface area contributed by atoms with Crippen LogP contribution in [-0.4, -0.2) is 29.3 Å². The molecule has 1 aromatic carbocycles. The topological polar surface area (TPSA) is 41.5 Å². The Hall–Kier alpha value is -0.870. The Balaban J connectivity index is 1.90. The fourth-order valence-electron chi connectivity index (χ4n) is 2.43. The molecule has 0 aliphatic heterocycles. The molecule has 0 amide bonds. The van der Waals surface area contributed by atoms with Crippen LogP contribution < -0.4 is 10.1 Å². The molecule has 1 fully saturated rings. The van der Waals surface area contributed by atoms with Gasteiger partial charge < -0.3 is 15.2 Å². The summed E-state index contributed by atoms with van der Waals surface area (Å²) in [5, 5.41) is 13.6. The molecule has 0 atom stereocenters. The highest BCUT2D eigenvalue weighted by Crippen LogP contribution is 2.42. The predicted octanol–water partition coefficient (Wildman–Crippen LogP) is 3.17. The molecule has 1 saturated carbocycles. The first-order valence-corrected chi connectivity index (χ1v) is 8.13. The van der Waals surface area contributed by atoms with Gasteiger partial charge in [-0.2, -0.15) is 11.8 Å². The molecule has 0 saturated heterocycles. The largest absolute Gasteiger partial charge is 0.504 e. The number of benzene rings is 1. The van der Waals surface area contributed by atoms with Gasteiger partial charge in [0.2, 0.25) is 0 Å². The number of phenols is 1. The number of aromatic hydroxyl groups is 1. The molecule has 19 heavy (non-hydrogen) atoms. The SMILES string of the molecule is CCOc1cccc(CNCC2(SC)CCC2)c1O. The molecule has 0 radical (unpaired) electrons. The van der Waals surface area contributed by atoms with Crippen molar-refractivity contribution in [2.75, 3.05) is 19.4 Å². The molecule has 0 unspecified atom stereocenters. The van der Waals surface area contributed by atoms with E-state index in [0.717, 1.165) is 12.1 Å². The van der Waals surface area contributed by atoms with Gasteiger partial charge in [0.15, 0.2) is 11.5 Å². The Morgan fingerprint density at radius 1 is 1.42 bits per heavy atom. The average molecular weight is 281 g/mol. The molecular formula is C15H23NO2S. The number of rotatable bonds is 7. The van der Waals surface area contributed by atoms with E-state index in [9.17, 15) is 5.11 Å². The van der Waals surface area contributed by atoms with Crippen LogP contribution in [0.15, 0.2) is 18.2 Å². The molecular weight excluding hydrogens is 258 g/mol. The first kappa shape index (κ1) is 14.5. The molecule has 106 valence electrons. The van der Waals surface area contributed by atoms with Crippen molar-refractivity contribution in [3.8, 4) is 11.5 Å². The zero-order chi connectivity index (χ0) is 13.7. The van der Waals surface area contributed by atoms with E-state index in [1.54, 1.807) is 6.07 Å². The van der Waals surface area contributed by atoms with Crippen LogP contribution in [0.25, 0.3) is 0 Å². The summed E-state index contributed by atoms with van der Waals surface area (Å²) < 4.78 is 5.82. The van der Waals surface area contributed by atoms with Crippen molar-refractivity contribution < 1.29 is 9.84 Å². The van der Waals surface area contributed by atoms with Crippen LogP contribution in [0.2, 0.25) is 0 Å². The van der Waals surface area contributed by atoms with Crippen molar-refractivity contribution in [3.05, 3.63) is 23.8 Å². The number of phenolic OH excluding ortho intramolecular Hbond substituents is 1. The standard InChI is InChI=1S/C15H23NO2S/c1-3-18-13-7-4-6-12(14(13)17)10-16-11-15(19-2)8-5-9-15/h4,6-7,16-17H,3,5,8-11H2,1-2H3.